The van der Waals surface area contributed by atoms with Crippen molar-refractivity contribution in [1.29, 1.82) is 0 Å². The van der Waals surface area contributed by atoms with E-state index >= 15 is 0 Å². The monoisotopic (exact) mass is 730 g/mol. The fraction of sp³-hybridized carbons (Fsp3) is 0.464. The van der Waals surface area contributed by atoms with Crippen molar-refractivity contribution in [1.82, 2.24) is 19.1 Å². The molecular weight excluding hydrogens is 699 g/mol. The molecule has 0 unspecified atom stereocenters. The second-order valence-corrected chi connectivity index (χ2v) is 12.9. The van der Waals surface area contributed by atoms with E-state index in [0.717, 1.165) is 16.2 Å². The summed E-state index contributed by atoms with van der Waals surface area (Å²) >= 11 is 0. The van der Waals surface area contributed by atoms with Crippen molar-refractivity contribution < 1.29 is 37.1 Å². The Labute approximate surface area is 285 Å². The van der Waals surface area contributed by atoms with Crippen LogP contribution in [0.1, 0.15) is 46.8 Å². The molecule has 3 aromatic rings. The van der Waals surface area contributed by atoms with Crippen molar-refractivity contribution in [3.8, 4) is 5.75 Å². The minimum atomic E-state index is -4.81. The molecule has 5 rings (SSSR count). The first-order valence-corrected chi connectivity index (χ1v) is 16.6. The molecule has 0 bridgehead atoms. The van der Waals surface area contributed by atoms with Gasteiger partial charge in [0.15, 0.2) is 0 Å². The van der Waals surface area contributed by atoms with E-state index in [-0.39, 0.29) is 35.3 Å². The van der Waals surface area contributed by atoms with Gasteiger partial charge in [-0.3, -0.25) is 37.7 Å². The number of rotatable bonds is 13. The van der Waals surface area contributed by atoms with E-state index in [9.17, 15) is 39.6 Å². The van der Waals surface area contributed by atoms with E-state index in [1.54, 1.807) is 0 Å². The molecule has 2 aliphatic heterocycles. The lowest BCUT2D eigenvalue weighted by Crippen LogP contribution is -2.33. The maximum Gasteiger partial charge on any atom is 0.530 e. The van der Waals surface area contributed by atoms with E-state index in [2.05, 4.69) is 30.0 Å². The van der Waals surface area contributed by atoms with Crippen LogP contribution in [0.4, 0.5) is 0 Å². The maximum atomic E-state index is 14.3. The van der Waals surface area contributed by atoms with E-state index in [1.165, 1.54) is 50.5 Å². The summed E-state index contributed by atoms with van der Waals surface area (Å²) < 4.78 is 50.3. The highest BCUT2D eigenvalue weighted by molar-refractivity contribution is 7.48. The van der Waals surface area contributed by atoms with Crippen LogP contribution in [0.2, 0.25) is 0 Å². The number of para-hydroxylation sites is 1. The Morgan fingerprint density at radius 3 is 1.80 bits per heavy atom. The highest BCUT2D eigenvalue weighted by Crippen LogP contribution is 2.52. The van der Waals surface area contributed by atoms with Gasteiger partial charge in [0.1, 0.15) is 23.8 Å². The van der Waals surface area contributed by atoms with Gasteiger partial charge in [0.2, 0.25) is 0 Å². The summed E-state index contributed by atoms with van der Waals surface area (Å²) in [5.74, 6) is -1.09. The first-order chi connectivity index (χ1) is 24.4. The van der Waals surface area contributed by atoms with E-state index in [0.29, 0.717) is 0 Å². The van der Waals surface area contributed by atoms with Crippen molar-refractivity contribution in [2.45, 2.75) is 63.4 Å². The largest absolute Gasteiger partial charge is 0.530 e. The fourth-order valence-electron chi connectivity index (χ4n) is 5.41. The van der Waals surface area contributed by atoms with Gasteiger partial charge in [-0.2, -0.15) is 0 Å². The molecule has 2 N–H and O–H groups in total. The Morgan fingerprint density at radius 2 is 1.35 bits per heavy atom. The van der Waals surface area contributed by atoms with Gasteiger partial charge in [0.05, 0.1) is 44.6 Å². The van der Waals surface area contributed by atoms with Gasteiger partial charge in [-0.25, -0.2) is 18.9 Å². The number of aromatic nitrogens is 4. The molecule has 23 heteroatoms. The van der Waals surface area contributed by atoms with Crippen molar-refractivity contribution in [3.05, 3.63) is 116 Å². The Balaban J connectivity index is 1.41. The molecule has 0 saturated carbocycles. The molecule has 2 aromatic heterocycles. The minimum Gasteiger partial charge on any atom is -0.465 e. The average molecular weight is 731 g/mol. The van der Waals surface area contributed by atoms with Crippen LogP contribution in [0.15, 0.2) is 66.1 Å². The van der Waals surface area contributed by atoms with Crippen LogP contribution in [0.5, 0.6) is 5.75 Å². The number of H-pyrrole nitrogens is 2. The third-order valence-electron chi connectivity index (χ3n) is 8.02. The van der Waals surface area contributed by atoms with Gasteiger partial charge in [0, 0.05) is 46.2 Å². The second-order valence-electron chi connectivity index (χ2n) is 11.3. The molecule has 2 saturated heterocycles. The molecule has 1 aromatic carbocycles. The topological polar surface area (TPSA) is 297 Å². The summed E-state index contributed by atoms with van der Waals surface area (Å²) in [6.07, 6.45) is -1.80. The quantitative estimate of drug-likeness (QED) is 0.0843. The van der Waals surface area contributed by atoms with Gasteiger partial charge in [-0.15, -0.1) is 0 Å². The molecule has 6 atom stereocenters. The Kier molecular flexibility index (Phi) is 11.3. The summed E-state index contributed by atoms with van der Waals surface area (Å²) in [5, 5.41) is 7.44. The normalized spacial score (nSPS) is 23.8. The third-order valence-corrected chi connectivity index (χ3v) is 9.37. The van der Waals surface area contributed by atoms with Crippen LogP contribution in [0, 0.1) is 13.8 Å². The molecule has 0 radical (unpaired) electrons. The predicted octanol–water partition coefficient (Wildman–Crippen LogP) is 2.64. The van der Waals surface area contributed by atoms with Crippen molar-refractivity contribution in [2.75, 3.05) is 20.3 Å². The number of hydrogen-bond acceptors (Lipinski definition) is 14. The molecule has 0 aliphatic carbocycles. The highest BCUT2D eigenvalue weighted by atomic mass is 31.2. The van der Waals surface area contributed by atoms with Gasteiger partial charge >= 0.3 is 25.2 Å². The van der Waals surface area contributed by atoms with Gasteiger partial charge < -0.3 is 18.7 Å². The highest BCUT2D eigenvalue weighted by Gasteiger charge is 2.42. The smallest absolute Gasteiger partial charge is 0.465 e. The van der Waals surface area contributed by atoms with Crippen LogP contribution in [-0.2, 0) is 27.8 Å². The van der Waals surface area contributed by atoms with Crippen molar-refractivity contribution in [3.63, 3.8) is 0 Å². The van der Waals surface area contributed by atoms with Gasteiger partial charge in [-0.1, -0.05) is 22.4 Å². The first kappa shape index (κ1) is 36.8. The Bertz CT molecular complexity index is 2070. The van der Waals surface area contributed by atoms with Crippen LogP contribution in [0.25, 0.3) is 20.9 Å². The van der Waals surface area contributed by atoms with Crippen LogP contribution >= 0.6 is 7.82 Å². The molecule has 2 fully saturated rings. The SMILES string of the molecule is COC(=O)c1ccccc1OP(=O)(OC[C@H]1O[C@@H](n2cc(C)c(=O)[nH]c2=O)C[C@@H]1N=[N+]=[N-])OC[C@H]1O[C@@H](n2cc(C)c(=O)[nH]c2=O)C[C@@H]1N=[N+]=[N-]. The average Bonchev–Trinajstić information content (AvgIpc) is 3.70. The number of benzene rings is 1. The van der Waals surface area contributed by atoms with Crippen molar-refractivity contribution >= 4 is 13.8 Å². The minimum absolute atomic E-state index is 0.0323. The molecule has 0 spiro atoms. The molecule has 2 aliphatic rings. The fourth-order valence-corrected chi connectivity index (χ4v) is 6.65. The summed E-state index contributed by atoms with van der Waals surface area (Å²) in [4.78, 5) is 71.3. The number of azide groups is 2. The summed E-state index contributed by atoms with van der Waals surface area (Å²) in [6, 6.07) is 3.71. The molecule has 51 heavy (non-hydrogen) atoms. The number of nitrogens with zero attached hydrogens (tertiary/aromatic N) is 8. The van der Waals surface area contributed by atoms with E-state index < -0.39 is 86.3 Å². The molecule has 4 heterocycles. The zero-order valence-electron chi connectivity index (χ0n) is 27.2. The molecular formula is C28H31N10O12P. The number of nitrogens with one attached hydrogen (secondary N) is 2. The van der Waals surface area contributed by atoms with Gasteiger partial charge in [0.25, 0.3) is 11.1 Å². The lowest BCUT2D eigenvalue weighted by atomic mass is 10.1. The first-order valence-electron chi connectivity index (χ1n) is 15.2. The summed E-state index contributed by atoms with van der Waals surface area (Å²) in [7, 11) is -3.69. The number of aromatic amines is 2. The lowest BCUT2D eigenvalue weighted by molar-refractivity contribution is -0.0393. The predicted molar refractivity (Wildman–Crippen MR) is 173 cm³/mol. The number of phosphoric acid groups is 1. The number of ether oxygens (including phenoxy) is 3. The Morgan fingerprint density at radius 1 is 0.882 bits per heavy atom. The van der Waals surface area contributed by atoms with Crippen LogP contribution < -0.4 is 27.0 Å². The lowest BCUT2D eigenvalue weighted by Gasteiger charge is -2.24. The molecule has 0 amide bonds. The zero-order valence-corrected chi connectivity index (χ0v) is 28.1. The number of phosphoric ester groups is 1. The number of carbonyl (C=O) groups is 1. The molecule has 270 valence electrons. The van der Waals surface area contributed by atoms with Gasteiger partial charge in [-0.05, 0) is 37.0 Å². The number of esters is 1. The summed E-state index contributed by atoms with van der Waals surface area (Å²) in [5.41, 5.74) is 15.9. The number of methoxy groups -OCH3 is 1. The number of aryl methyl sites for hydroxylation is 2. The Hall–Kier alpha value is -5.46. The second kappa shape index (κ2) is 15.6. The summed E-state index contributed by atoms with van der Waals surface area (Å²) in [6.45, 7) is 1.76. The van der Waals surface area contributed by atoms with E-state index in [1.807, 2.05) is 0 Å². The van der Waals surface area contributed by atoms with Crippen LogP contribution in [-0.4, -0.2) is 69.7 Å². The molecule has 22 nitrogen and oxygen atoms in total. The third kappa shape index (κ3) is 8.30. The van der Waals surface area contributed by atoms with E-state index in [4.69, 9.17) is 27.8 Å². The van der Waals surface area contributed by atoms with Crippen molar-refractivity contribution in [2.24, 2.45) is 10.2 Å². The maximum absolute atomic E-state index is 14.3. The number of carbonyl (C=O) groups excluding carboxylic acids is 1. The number of hydrogen-bond donors (Lipinski definition) is 2. The standard InChI is InChI=1S/C28H31N10O12P/c1-14-10-37(27(42)31-24(14)39)22-8-17(33-35-29)20(48-22)12-46-51(44,50-19-7-5-4-6-16(19)26(41)45-3)47-13-21-18(34-36-30)9-23(49-21)38-11-15(2)25(40)32-28(38)43/h4-7,10-11,17-18,20-23H,8-9,12-13H2,1-3H3,(H,31,39,42)(H,32,40,43)/t17-,18-,20+,21+,22+,23+/m0/s1. The van der Waals surface area contributed by atoms with Crippen LogP contribution in [0.3, 0.4) is 0 Å². The zero-order chi connectivity index (χ0) is 36.9.